The van der Waals surface area contributed by atoms with Crippen LogP contribution in [0.15, 0.2) is 0 Å². The quantitative estimate of drug-likeness (QED) is 0.415. The van der Waals surface area contributed by atoms with Gasteiger partial charge in [-0.05, 0) is 6.54 Å². The summed E-state index contributed by atoms with van der Waals surface area (Å²) < 4.78 is 8.19. The zero-order valence-electron chi connectivity index (χ0n) is 6.56. The number of hydrogen-bond donors (Lipinski definition) is 3. The van der Waals surface area contributed by atoms with Gasteiger partial charge in [0.25, 0.3) is 0 Å². The van der Waals surface area contributed by atoms with Crippen LogP contribution in [0.3, 0.4) is 0 Å². The second-order valence-corrected chi connectivity index (χ2v) is 1.90. The van der Waals surface area contributed by atoms with Crippen molar-refractivity contribution in [1.82, 2.24) is 0 Å². The van der Waals surface area contributed by atoms with Gasteiger partial charge < -0.3 is 29.0 Å². The van der Waals surface area contributed by atoms with Crippen LogP contribution in [0.4, 0.5) is 0 Å². The van der Waals surface area contributed by atoms with Gasteiger partial charge in [-0.15, -0.1) is 0 Å². The molecule has 0 saturated heterocycles. The van der Waals surface area contributed by atoms with E-state index in [0.29, 0.717) is 13.0 Å². The fraction of sp³-hybridized carbons (Fsp3) is 0.500. The van der Waals surface area contributed by atoms with E-state index in [4.69, 9.17) is 20.2 Å². The summed E-state index contributed by atoms with van der Waals surface area (Å²) in [6.45, 7) is 0.559. The van der Waals surface area contributed by atoms with Crippen molar-refractivity contribution in [2.45, 2.75) is 12.8 Å². The van der Waals surface area contributed by atoms with Crippen LogP contribution >= 0.6 is 0 Å². The number of nitrogens with two attached hydrogens (primary N) is 2. The number of carbonyl (C=O) groups is 1. The molecule has 0 rings (SSSR count). The Morgan fingerprint density at radius 3 is 2.42 bits per heavy atom. The minimum atomic E-state index is -1.07. The number of carboxylic acid groups (broad SMARTS) is 1. The molecule has 0 aromatic heterocycles. The summed E-state index contributed by atoms with van der Waals surface area (Å²) in [7, 11) is 0. The molecule has 0 saturated carbocycles. The molecule has 0 amide bonds. The molecule has 0 aromatic rings. The number of aliphatic carboxylic acids is 1. The van der Waals surface area contributed by atoms with Gasteiger partial charge in [0, 0.05) is 0 Å². The molecule has 12 heavy (non-hydrogen) atoms. The molecule has 0 heterocycles. The molecule has 0 aliphatic heterocycles. The second kappa shape index (κ2) is 10.6. The van der Waals surface area contributed by atoms with Gasteiger partial charge in [0.2, 0.25) is 0 Å². The van der Waals surface area contributed by atoms with E-state index in [1.807, 2.05) is 0 Å². The van der Waals surface area contributed by atoms with Crippen LogP contribution in [0.2, 0.25) is 0 Å². The minimum absolute atomic E-state index is 0.103. The summed E-state index contributed by atoms with van der Waals surface area (Å²) in [6, 6.07) is -0.103. The number of hydrogen-bond acceptors (Lipinski definition) is 4. The van der Waals surface area contributed by atoms with Crippen LogP contribution in [-0.4, -0.2) is 17.6 Å². The summed E-state index contributed by atoms with van der Waals surface area (Å²) in [5.74, 6) is -1.07. The first-order valence-electron chi connectivity index (χ1n) is 3.25. The van der Waals surface area contributed by atoms with Crippen molar-refractivity contribution in [2.24, 2.45) is 11.5 Å². The molecule has 0 unspecified atom stereocenters. The van der Waals surface area contributed by atoms with E-state index in [-0.39, 0.29) is 6.04 Å². The van der Waals surface area contributed by atoms with Crippen LogP contribution in [-0.2, 0) is 25.8 Å². The number of carboxylic acids is 1. The van der Waals surface area contributed by atoms with Gasteiger partial charge in [0.1, 0.15) is 5.97 Å². The molecule has 0 aliphatic rings. The fourth-order valence-electron chi connectivity index (χ4n) is 0.463. The van der Waals surface area contributed by atoms with E-state index >= 15 is 0 Å². The van der Waals surface area contributed by atoms with Gasteiger partial charge >= 0.3 is 21.0 Å². The molecular weight excluding hydrogens is 199 g/mol. The summed E-state index contributed by atoms with van der Waals surface area (Å²) in [5.41, 5.74) is 10.3. The SMILES string of the molecule is NCCC[CH-][C-](N)C(=O)O.[O]=[V+2]. The normalized spacial score (nSPS) is 8.33. The van der Waals surface area contributed by atoms with Gasteiger partial charge in [-0.3, -0.25) is 4.79 Å². The standard InChI is InChI=1S/C6H12N2O2.O.V/c7-4-2-1-3-5(8)6(9)10;;/h3H,1-2,4,7-8H2,(H,9,10);;/q-2;;+2. The van der Waals surface area contributed by atoms with Gasteiger partial charge in [0.05, 0.1) is 0 Å². The average molecular weight is 211 g/mol. The fourth-order valence-corrected chi connectivity index (χ4v) is 0.463. The Morgan fingerprint density at radius 1 is 1.58 bits per heavy atom. The molecule has 0 fully saturated rings. The first-order chi connectivity index (χ1) is 5.68. The van der Waals surface area contributed by atoms with E-state index in [1.165, 1.54) is 6.42 Å². The van der Waals surface area contributed by atoms with Crippen molar-refractivity contribution in [3.8, 4) is 0 Å². The third kappa shape index (κ3) is 9.64. The summed E-state index contributed by atoms with van der Waals surface area (Å²) in [5, 5.41) is 8.26. The van der Waals surface area contributed by atoms with Crippen molar-refractivity contribution < 1.29 is 30.9 Å². The molecule has 0 spiro atoms. The van der Waals surface area contributed by atoms with Gasteiger partial charge in [-0.1, -0.05) is 6.42 Å². The zero-order valence-corrected chi connectivity index (χ0v) is 7.96. The van der Waals surface area contributed by atoms with Crippen molar-refractivity contribution in [3.05, 3.63) is 12.5 Å². The number of unbranched alkanes of at least 4 members (excludes halogenated alkanes) is 1. The average Bonchev–Trinajstić information content (AvgIpc) is 2.08. The first-order valence-corrected chi connectivity index (χ1v) is 3.82. The monoisotopic (exact) mass is 211 g/mol. The van der Waals surface area contributed by atoms with Crippen LogP contribution in [0.25, 0.3) is 0 Å². The molecule has 6 heteroatoms. The van der Waals surface area contributed by atoms with E-state index in [1.54, 1.807) is 0 Å². The summed E-state index contributed by atoms with van der Waals surface area (Å²) in [6.07, 6.45) is 2.87. The molecule has 0 aliphatic carbocycles. The predicted octanol–water partition coefficient (Wildman–Crippen LogP) is -0.616. The van der Waals surface area contributed by atoms with Crippen LogP contribution in [0, 0.1) is 12.5 Å². The van der Waals surface area contributed by atoms with Crippen molar-refractivity contribution in [1.29, 1.82) is 0 Å². The van der Waals surface area contributed by atoms with Gasteiger partial charge in [-0.25, -0.2) is 6.42 Å². The Balaban J connectivity index is 0. The van der Waals surface area contributed by atoms with E-state index < -0.39 is 5.97 Å². The Kier molecular flexibility index (Phi) is 12.6. The molecule has 5 N–H and O–H groups in total. The molecule has 0 radical (unpaired) electrons. The second-order valence-electron chi connectivity index (χ2n) is 1.90. The molecular formula is C6H12N2O3V. The molecule has 69 valence electrons. The molecule has 0 atom stereocenters. The topological polar surface area (TPSA) is 106 Å². The summed E-state index contributed by atoms with van der Waals surface area (Å²) in [4.78, 5) is 10.1. The van der Waals surface area contributed by atoms with Gasteiger partial charge in [-0.2, -0.15) is 0 Å². The van der Waals surface area contributed by atoms with Crippen molar-refractivity contribution >= 4 is 5.97 Å². The summed E-state index contributed by atoms with van der Waals surface area (Å²) >= 11 is 1.06. The zero-order chi connectivity index (χ0) is 9.98. The van der Waals surface area contributed by atoms with E-state index in [2.05, 4.69) is 0 Å². The number of rotatable bonds is 5. The van der Waals surface area contributed by atoms with Crippen LogP contribution < -0.4 is 11.5 Å². The van der Waals surface area contributed by atoms with E-state index in [0.717, 1.165) is 23.8 Å². The van der Waals surface area contributed by atoms with Crippen LogP contribution in [0.5, 0.6) is 0 Å². The van der Waals surface area contributed by atoms with Crippen molar-refractivity contribution in [3.63, 3.8) is 0 Å². The predicted molar refractivity (Wildman–Crippen MR) is 38.3 cm³/mol. The van der Waals surface area contributed by atoms with E-state index in [9.17, 15) is 4.79 Å². The van der Waals surface area contributed by atoms with Crippen molar-refractivity contribution in [2.75, 3.05) is 6.54 Å². The molecule has 0 aromatic carbocycles. The maximum absolute atomic E-state index is 10.1. The maximum atomic E-state index is 10.1. The molecule has 0 bridgehead atoms. The third-order valence-electron chi connectivity index (χ3n) is 1.02. The Hall–Kier alpha value is -0.356. The third-order valence-corrected chi connectivity index (χ3v) is 1.02. The Labute approximate surface area is 80.7 Å². The van der Waals surface area contributed by atoms with Crippen LogP contribution in [0.1, 0.15) is 12.8 Å². The Morgan fingerprint density at radius 2 is 2.08 bits per heavy atom. The molecule has 5 nitrogen and oxygen atoms in total. The first kappa shape index (κ1) is 14.2. The van der Waals surface area contributed by atoms with Gasteiger partial charge in [0.15, 0.2) is 0 Å². The Bertz CT molecular complexity index is 123.